The number of rotatable bonds is 8. The highest BCUT2D eigenvalue weighted by Crippen LogP contribution is 2.21. The Kier molecular flexibility index (Phi) is 6.58. The van der Waals surface area contributed by atoms with Crippen LogP contribution in [0.4, 0.5) is 0 Å². The summed E-state index contributed by atoms with van der Waals surface area (Å²) in [5.41, 5.74) is 2.90. The molecule has 0 fully saturated rings. The van der Waals surface area contributed by atoms with Crippen molar-refractivity contribution in [3.8, 4) is 0 Å². The molecule has 1 amide bonds. The summed E-state index contributed by atoms with van der Waals surface area (Å²) in [6.45, 7) is 9.03. The van der Waals surface area contributed by atoms with Gasteiger partial charge in [-0.3, -0.25) is 4.79 Å². The number of aromatic nitrogens is 2. The number of fused-ring (bicyclic) bond motifs is 1. The molecule has 3 rings (SSSR count). The van der Waals surface area contributed by atoms with Crippen molar-refractivity contribution in [3.05, 3.63) is 59.4 Å². The Morgan fingerprint density at radius 2 is 1.80 bits per heavy atom. The molecule has 8 heteroatoms. The number of para-hydroxylation sites is 2. The number of sulfonamides is 1. The van der Waals surface area contributed by atoms with Gasteiger partial charge in [0.1, 0.15) is 5.82 Å². The van der Waals surface area contributed by atoms with E-state index in [1.54, 1.807) is 32.9 Å². The molecule has 0 saturated carbocycles. The van der Waals surface area contributed by atoms with Crippen LogP contribution in [-0.2, 0) is 16.6 Å². The van der Waals surface area contributed by atoms with Gasteiger partial charge in [0, 0.05) is 31.7 Å². The van der Waals surface area contributed by atoms with Crippen LogP contribution in [0.25, 0.3) is 11.0 Å². The minimum absolute atomic E-state index is 0.176. The highest BCUT2D eigenvalue weighted by molar-refractivity contribution is 7.89. The second kappa shape index (κ2) is 8.97. The smallest absolute Gasteiger partial charge is 0.251 e. The van der Waals surface area contributed by atoms with Crippen LogP contribution in [-0.4, -0.2) is 47.8 Å². The maximum atomic E-state index is 12.9. The lowest BCUT2D eigenvalue weighted by Gasteiger charge is -2.20. The van der Waals surface area contributed by atoms with Crippen LogP contribution in [0.2, 0.25) is 0 Å². The fourth-order valence-corrected chi connectivity index (χ4v) is 5.29. The molecule has 160 valence electrons. The Morgan fingerprint density at radius 1 is 1.10 bits per heavy atom. The van der Waals surface area contributed by atoms with Crippen molar-refractivity contribution in [2.24, 2.45) is 0 Å². The molecular weight excluding hydrogens is 400 g/mol. The van der Waals surface area contributed by atoms with Gasteiger partial charge in [0.15, 0.2) is 0 Å². The van der Waals surface area contributed by atoms with E-state index in [9.17, 15) is 13.2 Å². The zero-order valence-electron chi connectivity index (χ0n) is 17.8. The number of nitrogens with zero attached hydrogens (tertiary/aromatic N) is 3. The van der Waals surface area contributed by atoms with E-state index in [2.05, 4.69) is 14.9 Å². The average molecular weight is 429 g/mol. The van der Waals surface area contributed by atoms with Gasteiger partial charge >= 0.3 is 0 Å². The van der Waals surface area contributed by atoms with Crippen molar-refractivity contribution in [2.45, 2.75) is 39.1 Å². The summed E-state index contributed by atoms with van der Waals surface area (Å²) in [5, 5.41) is 2.89. The van der Waals surface area contributed by atoms with Crippen molar-refractivity contribution in [1.82, 2.24) is 19.2 Å². The van der Waals surface area contributed by atoms with Crippen molar-refractivity contribution in [3.63, 3.8) is 0 Å². The zero-order chi connectivity index (χ0) is 21.9. The van der Waals surface area contributed by atoms with Crippen LogP contribution >= 0.6 is 0 Å². The number of hydrogen-bond acceptors (Lipinski definition) is 4. The molecule has 3 aromatic rings. The quantitative estimate of drug-likeness (QED) is 0.597. The predicted molar refractivity (Wildman–Crippen MR) is 118 cm³/mol. The topological polar surface area (TPSA) is 84.3 Å². The van der Waals surface area contributed by atoms with E-state index in [0.29, 0.717) is 37.3 Å². The van der Waals surface area contributed by atoms with E-state index in [4.69, 9.17) is 0 Å². The minimum atomic E-state index is -3.63. The third kappa shape index (κ3) is 4.24. The largest absolute Gasteiger partial charge is 0.350 e. The Bertz CT molecular complexity index is 1160. The molecule has 0 aliphatic rings. The van der Waals surface area contributed by atoms with Gasteiger partial charge in [-0.15, -0.1) is 0 Å². The lowest BCUT2D eigenvalue weighted by molar-refractivity contribution is 0.0952. The van der Waals surface area contributed by atoms with Crippen molar-refractivity contribution < 1.29 is 13.2 Å². The van der Waals surface area contributed by atoms with E-state index < -0.39 is 10.0 Å². The fraction of sp³-hybridized carbons (Fsp3) is 0.364. The minimum Gasteiger partial charge on any atom is -0.350 e. The van der Waals surface area contributed by atoms with Gasteiger partial charge in [-0.25, -0.2) is 13.4 Å². The Hall–Kier alpha value is -2.71. The van der Waals surface area contributed by atoms with Gasteiger partial charge in [0.05, 0.1) is 15.9 Å². The summed E-state index contributed by atoms with van der Waals surface area (Å²) in [7, 11) is -3.63. The molecule has 0 unspecified atom stereocenters. The molecule has 1 N–H and O–H groups in total. The molecule has 1 heterocycles. The second-order valence-electron chi connectivity index (χ2n) is 7.12. The lowest BCUT2D eigenvalue weighted by Crippen LogP contribution is -2.32. The number of carbonyl (C=O) groups is 1. The number of hydrogen-bond donors (Lipinski definition) is 1. The van der Waals surface area contributed by atoms with Crippen LogP contribution in [0.5, 0.6) is 0 Å². The van der Waals surface area contributed by atoms with Gasteiger partial charge in [-0.1, -0.05) is 32.0 Å². The van der Waals surface area contributed by atoms with E-state index in [1.807, 2.05) is 31.2 Å². The number of carbonyl (C=O) groups excluding carboxylic acids is 1. The highest BCUT2D eigenvalue weighted by Gasteiger charge is 2.24. The predicted octanol–water partition coefficient (Wildman–Crippen LogP) is 3.11. The second-order valence-corrected chi connectivity index (χ2v) is 9.03. The normalized spacial score (nSPS) is 11.9. The zero-order valence-corrected chi connectivity index (χ0v) is 18.7. The van der Waals surface area contributed by atoms with Gasteiger partial charge < -0.3 is 9.88 Å². The monoisotopic (exact) mass is 428 g/mol. The summed E-state index contributed by atoms with van der Waals surface area (Å²) in [5.74, 6) is 0.585. The van der Waals surface area contributed by atoms with Gasteiger partial charge in [-0.2, -0.15) is 4.31 Å². The van der Waals surface area contributed by atoms with E-state index >= 15 is 0 Å². The molecular formula is C22H28N4O3S. The van der Waals surface area contributed by atoms with Crippen molar-refractivity contribution in [2.75, 3.05) is 19.6 Å². The van der Waals surface area contributed by atoms with Crippen LogP contribution in [0.3, 0.4) is 0 Å². The van der Waals surface area contributed by atoms with Gasteiger partial charge in [0.2, 0.25) is 10.0 Å². The summed E-state index contributed by atoms with van der Waals surface area (Å²) in [6.07, 6.45) is 0. The highest BCUT2D eigenvalue weighted by atomic mass is 32.2. The van der Waals surface area contributed by atoms with E-state index in [1.165, 1.54) is 10.4 Å². The maximum Gasteiger partial charge on any atom is 0.251 e. The summed E-state index contributed by atoms with van der Waals surface area (Å²) < 4.78 is 29.3. The van der Waals surface area contributed by atoms with Crippen LogP contribution < -0.4 is 5.32 Å². The lowest BCUT2D eigenvalue weighted by atomic mass is 10.1. The molecule has 0 spiro atoms. The molecule has 0 saturated heterocycles. The SMILES string of the molecule is CCN(CC)S(=O)(=O)c1cc(C(=O)NCCn2c(C)nc3ccccc32)ccc1C. The molecule has 0 bridgehead atoms. The number of benzene rings is 2. The Balaban J connectivity index is 1.75. The standard InChI is InChI=1S/C22H28N4O3S/c1-5-25(6-2)30(28,29)21-15-18(12-11-16(21)3)22(27)23-13-14-26-17(4)24-19-9-7-8-10-20(19)26/h7-12,15H,5-6,13-14H2,1-4H3,(H,23,27). The van der Waals surface area contributed by atoms with Crippen LogP contribution in [0.15, 0.2) is 47.4 Å². The molecule has 1 aromatic heterocycles. The number of amides is 1. The molecule has 0 aliphatic carbocycles. The molecule has 2 aromatic carbocycles. The first-order valence-corrected chi connectivity index (χ1v) is 11.5. The molecule has 7 nitrogen and oxygen atoms in total. The molecule has 0 radical (unpaired) electrons. The molecule has 0 aliphatic heterocycles. The van der Waals surface area contributed by atoms with Crippen LogP contribution in [0, 0.1) is 13.8 Å². The summed E-state index contributed by atoms with van der Waals surface area (Å²) in [6, 6.07) is 12.7. The first-order valence-electron chi connectivity index (χ1n) is 10.1. The Labute approximate surface area is 177 Å². The summed E-state index contributed by atoms with van der Waals surface area (Å²) >= 11 is 0. The first kappa shape index (κ1) is 22.0. The van der Waals surface area contributed by atoms with E-state index in [-0.39, 0.29) is 10.8 Å². The van der Waals surface area contributed by atoms with Gasteiger partial charge in [0.25, 0.3) is 5.91 Å². The first-order chi connectivity index (χ1) is 14.3. The van der Waals surface area contributed by atoms with Crippen LogP contribution in [0.1, 0.15) is 35.6 Å². The third-order valence-electron chi connectivity index (χ3n) is 5.24. The van der Waals surface area contributed by atoms with E-state index in [0.717, 1.165) is 16.9 Å². The fourth-order valence-electron chi connectivity index (χ4n) is 3.58. The number of aryl methyl sites for hydroxylation is 2. The molecule has 0 atom stereocenters. The number of imidazole rings is 1. The number of nitrogens with one attached hydrogen (secondary N) is 1. The van der Waals surface area contributed by atoms with Crippen molar-refractivity contribution >= 4 is 27.0 Å². The Morgan fingerprint density at radius 3 is 2.50 bits per heavy atom. The third-order valence-corrected chi connectivity index (χ3v) is 7.43. The average Bonchev–Trinajstić information content (AvgIpc) is 3.04. The van der Waals surface area contributed by atoms with Crippen molar-refractivity contribution in [1.29, 1.82) is 0 Å². The van der Waals surface area contributed by atoms with Gasteiger partial charge in [-0.05, 0) is 43.7 Å². The molecule has 30 heavy (non-hydrogen) atoms. The summed E-state index contributed by atoms with van der Waals surface area (Å²) in [4.78, 5) is 17.4. The maximum absolute atomic E-state index is 12.9.